The summed E-state index contributed by atoms with van der Waals surface area (Å²) in [5, 5.41) is 5.30. The second-order valence-electron chi connectivity index (χ2n) is 6.15. The summed E-state index contributed by atoms with van der Waals surface area (Å²) in [7, 11) is 0. The summed E-state index contributed by atoms with van der Waals surface area (Å²) in [5.74, 6) is -0.503. The van der Waals surface area contributed by atoms with Crippen LogP contribution < -0.4 is 16.3 Å². The number of hydrogen-bond donors (Lipinski definition) is 4. The Hall–Kier alpha value is -3.35. The lowest BCUT2D eigenvalue weighted by atomic mass is 10.1. The van der Waals surface area contributed by atoms with E-state index < -0.39 is 0 Å². The standard InChI is InChI=1S/C19H20N4O3/c1-12-2-4-13(5-3-12)6-9-17(24)20-11-18(25)21-14-7-8-15-16(10-14)23-19(26)22-15/h2-5,7-8,10H,6,9,11H2,1H3,(H,20,24)(H,21,25)(H2,22,23,26). The maximum atomic E-state index is 12.0. The van der Waals surface area contributed by atoms with Gasteiger partial charge in [-0.1, -0.05) is 29.8 Å². The molecule has 0 saturated heterocycles. The lowest BCUT2D eigenvalue weighted by Crippen LogP contribution is -2.32. The Morgan fingerprint density at radius 3 is 2.46 bits per heavy atom. The maximum absolute atomic E-state index is 12.0. The molecule has 2 amide bonds. The van der Waals surface area contributed by atoms with E-state index in [1.165, 1.54) is 5.56 Å². The molecular weight excluding hydrogens is 332 g/mol. The Kier molecular flexibility index (Phi) is 5.17. The van der Waals surface area contributed by atoms with Gasteiger partial charge in [-0.25, -0.2) is 4.79 Å². The quantitative estimate of drug-likeness (QED) is 0.544. The molecule has 26 heavy (non-hydrogen) atoms. The number of aromatic amines is 2. The average Bonchev–Trinajstić information content (AvgIpc) is 2.99. The summed E-state index contributed by atoms with van der Waals surface area (Å²) in [6.07, 6.45) is 0.956. The molecule has 0 saturated carbocycles. The van der Waals surface area contributed by atoms with E-state index >= 15 is 0 Å². The molecule has 0 fully saturated rings. The fourth-order valence-electron chi connectivity index (χ4n) is 2.60. The fourth-order valence-corrected chi connectivity index (χ4v) is 2.60. The molecule has 2 aromatic carbocycles. The number of hydrogen-bond acceptors (Lipinski definition) is 3. The minimum Gasteiger partial charge on any atom is -0.347 e. The highest BCUT2D eigenvalue weighted by molar-refractivity contribution is 5.96. The molecule has 1 heterocycles. The molecule has 1 aromatic heterocycles. The van der Waals surface area contributed by atoms with E-state index in [4.69, 9.17) is 0 Å². The van der Waals surface area contributed by atoms with E-state index in [0.29, 0.717) is 29.6 Å². The number of nitrogens with one attached hydrogen (secondary N) is 4. The molecule has 0 radical (unpaired) electrons. The number of fused-ring (bicyclic) bond motifs is 1. The van der Waals surface area contributed by atoms with Crippen LogP contribution in [0.15, 0.2) is 47.3 Å². The van der Waals surface area contributed by atoms with Crippen molar-refractivity contribution in [3.8, 4) is 0 Å². The van der Waals surface area contributed by atoms with Crippen LogP contribution in [0.25, 0.3) is 11.0 Å². The highest BCUT2D eigenvalue weighted by atomic mass is 16.2. The molecule has 7 heteroatoms. The molecular formula is C19H20N4O3. The van der Waals surface area contributed by atoms with Crippen LogP contribution in [0.5, 0.6) is 0 Å². The number of anilines is 1. The third kappa shape index (κ3) is 4.60. The van der Waals surface area contributed by atoms with Crippen LogP contribution in [0.4, 0.5) is 5.69 Å². The number of aryl methyl sites for hydroxylation is 2. The largest absolute Gasteiger partial charge is 0.347 e. The van der Waals surface area contributed by atoms with E-state index in [0.717, 1.165) is 5.56 Å². The van der Waals surface area contributed by atoms with Crippen LogP contribution >= 0.6 is 0 Å². The second-order valence-corrected chi connectivity index (χ2v) is 6.15. The molecule has 0 aliphatic heterocycles. The number of imidazole rings is 1. The Labute approximate surface area is 149 Å². The van der Waals surface area contributed by atoms with Crippen LogP contribution in [0.1, 0.15) is 17.5 Å². The summed E-state index contributed by atoms with van der Waals surface area (Å²) in [4.78, 5) is 40.3. The third-order valence-corrected chi connectivity index (χ3v) is 4.01. The van der Waals surface area contributed by atoms with Gasteiger partial charge in [0.15, 0.2) is 0 Å². The highest BCUT2D eigenvalue weighted by Crippen LogP contribution is 2.14. The van der Waals surface area contributed by atoms with Crippen LogP contribution in [-0.4, -0.2) is 28.3 Å². The molecule has 7 nitrogen and oxygen atoms in total. The predicted molar refractivity (Wildman–Crippen MR) is 100 cm³/mol. The second kappa shape index (κ2) is 7.69. The van der Waals surface area contributed by atoms with Gasteiger partial charge < -0.3 is 20.6 Å². The number of benzene rings is 2. The van der Waals surface area contributed by atoms with E-state index in [2.05, 4.69) is 20.6 Å². The zero-order valence-corrected chi connectivity index (χ0v) is 14.4. The van der Waals surface area contributed by atoms with Gasteiger partial charge in [-0.3, -0.25) is 9.59 Å². The first-order valence-electron chi connectivity index (χ1n) is 8.34. The van der Waals surface area contributed by atoms with E-state index in [1.807, 2.05) is 31.2 Å². The van der Waals surface area contributed by atoms with Crippen LogP contribution in [-0.2, 0) is 16.0 Å². The lowest BCUT2D eigenvalue weighted by molar-refractivity contribution is -0.124. The van der Waals surface area contributed by atoms with Crippen molar-refractivity contribution in [2.24, 2.45) is 0 Å². The minimum absolute atomic E-state index is 0.103. The maximum Gasteiger partial charge on any atom is 0.323 e. The van der Waals surface area contributed by atoms with E-state index in [1.54, 1.807) is 18.2 Å². The number of amides is 2. The van der Waals surface area contributed by atoms with Crippen molar-refractivity contribution >= 4 is 28.5 Å². The zero-order chi connectivity index (χ0) is 18.5. The van der Waals surface area contributed by atoms with Gasteiger partial charge >= 0.3 is 5.69 Å². The van der Waals surface area contributed by atoms with Gasteiger partial charge in [-0.15, -0.1) is 0 Å². The molecule has 4 N–H and O–H groups in total. The lowest BCUT2D eigenvalue weighted by Gasteiger charge is -2.07. The summed E-state index contributed by atoms with van der Waals surface area (Å²) in [5.41, 5.74) is 3.78. The molecule has 0 atom stereocenters. The SMILES string of the molecule is Cc1ccc(CCC(=O)NCC(=O)Nc2ccc3[nH]c(=O)[nH]c3c2)cc1. The first-order chi connectivity index (χ1) is 12.5. The number of carbonyl (C=O) groups is 2. The molecule has 0 bridgehead atoms. The van der Waals surface area contributed by atoms with Gasteiger partial charge in [0.05, 0.1) is 17.6 Å². The van der Waals surface area contributed by atoms with Gasteiger partial charge in [0.25, 0.3) is 0 Å². The zero-order valence-electron chi connectivity index (χ0n) is 14.4. The van der Waals surface area contributed by atoms with Crippen molar-refractivity contribution in [2.75, 3.05) is 11.9 Å². The Morgan fingerprint density at radius 2 is 1.69 bits per heavy atom. The van der Waals surface area contributed by atoms with Gasteiger partial charge in [0.2, 0.25) is 11.8 Å². The monoisotopic (exact) mass is 352 g/mol. The smallest absolute Gasteiger partial charge is 0.323 e. The fraction of sp³-hybridized carbons (Fsp3) is 0.211. The summed E-state index contributed by atoms with van der Waals surface area (Å²) < 4.78 is 0. The van der Waals surface area contributed by atoms with Crippen molar-refractivity contribution in [1.82, 2.24) is 15.3 Å². The Balaban J connectivity index is 1.45. The van der Waals surface area contributed by atoms with Gasteiger partial charge in [0, 0.05) is 12.1 Å². The molecule has 3 aromatic rings. The van der Waals surface area contributed by atoms with Crippen LogP contribution in [0.3, 0.4) is 0 Å². The predicted octanol–water partition coefficient (Wildman–Crippen LogP) is 1.85. The average molecular weight is 352 g/mol. The third-order valence-electron chi connectivity index (χ3n) is 4.01. The molecule has 0 aliphatic carbocycles. The van der Waals surface area contributed by atoms with Gasteiger partial charge in [-0.05, 0) is 37.1 Å². The van der Waals surface area contributed by atoms with Gasteiger partial charge in [-0.2, -0.15) is 0 Å². The summed E-state index contributed by atoms with van der Waals surface area (Å²) in [6.45, 7) is 1.91. The first kappa shape index (κ1) is 17.5. The van der Waals surface area contributed by atoms with E-state index in [9.17, 15) is 14.4 Å². The van der Waals surface area contributed by atoms with E-state index in [-0.39, 0.29) is 24.0 Å². The minimum atomic E-state index is -0.328. The van der Waals surface area contributed by atoms with Crippen molar-refractivity contribution in [3.63, 3.8) is 0 Å². The van der Waals surface area contributed by atoms with Crippen LogP contribution in [0.2, 0.25) is 0 Å². The van der Waals surface area contributed by atoms with Crippen molar-refractivity contribution in [2.45, 2.75) is 19.8 Å². The number of carbonyl (C=O) groups excluding carboxylic acids is 2. The molecule has 0 aliphatic rings. The highest BCUT2D eigenvalue weighted by Gasteiger charge is 2.07. The number of rotatable bonds is 6. The molecule has 0 unspecified atom stereocenters. The van der Waals surface area contributed by atoms with Crippen LogP contribution in [0, 0.1) is 6.92 Å². The number of H-pyrrole nitrogens is 2. The topological polar surface area (TPSA) is 107 Å². The van der Waals surface area contributed by atoms with Crippen molar-refractivity contribution in [1.29, 1.82) is 0 Å². The number of aromatic nitrogens is 2. The van der Waals surface area contributed by atoms with Gasteiger partial charge in [0.1, 0.15) is 0 Å². The Bertz CT molecular complexity index is 986. The first-order valence-corrected chi connectivity index (χ1v) is 8.34. The molecule has 3 rings (SSSR count). The normalized spacial score (nSPS) is 10.7. The molecule has 134 valence electrons. The van der Waals surface area contributed by atoms with Crippen molar-refractivity contribution < 1.29 is 9.59 Å². The summed E-state index contributed by atoms with van der Waals surface area (Å²) >= 11 is 0. The molecule has 0 spiro atoms. The van der Waals surface area contributed by atoms with Crippen molar-refractivity contribution in [3.05, 3.63) is 64.1 Å². The summed E-state index contributed by atoms with van der Waals surface area (Å²) in [6, 6.07) is 13.1. The Morgan fingerprint density at radius 1 is 0.962 bits per heavy atom.